The average Bonchev–Trinajstić information content (AvgIpc) is 3.67. The van der Waals surface area contributed by atoms with Crippen molar-refractivity contribution in [1.29, 1.82) is 10.5 Å². The van der Waals surface area contributed by atoms with Gasteiger partial charge in [0.2, 0.25) is 0 Å². The first kappa shape index (κ1) is 27.4. The largest absolute Gasteiger partial charge is 0.309 e. The van der Waals surface area contributed by atoms with Crippen LogP contribution in [0.15, 0.2) is 158 Å². The molecule has 9 aromatic rings. The van der Waals surface area contributed by atoms with Crippen LogP contribution in [-0.2, 0) is 0 Å². The van der Waals surface area contributed by atoms with E-state index in [1.165, 1.54) is 10.8 Å². The molecule has 2 aromatic heterocycles. The molecule has 0 saturated heterocycles. The van der Waals surface area contributed by atoms with Crippen molar-refractivity contribution in [1.82, 2.24) is 9.13 Å². The summed E-state index contributed by atoms with van der Waals surface area (Å²) in [5, 5.41) is 25.8. The van der Waals surface area contributed by atoms with Gasteiger partial charge in [-0.25, -0.2) is 0 Å². The fraction of sp³-hybridized carbons (Fsp3) is 0. The summed E-state index contributed by atoms with van der Waals surface area (Å²) in [6.45, 7) is 0. The Balaban J connectivity index is 1.34. The van der Waals surface area contributed by atoms with E-state index in [0.717, 1.165) is 60.8 Å². The van der Waals surface area contributed by atoms with E-state index in [0.29, 0.717) is 16.8 Å². The highest BCUT2D eigenvalue weighted by molar-refractivity contribution is 6.11. The van der Waals surface area contributed by atoms with Crippen molar-refractivity contribution in [2.45, 2.75) is 0 Å². The second kappa shape index (κ2) is 10.9. The van der Waals surface area contributed by atoms with E-state index < -0.39 is 0 Å². The number of benzene rings is 7. The van der Waals surface area contributed by atoms with Gasteiger partial charge < -0.3 is 9.13 Å². The van der Waals surface area contributed by atoms with Gasteiger partial charge in [-0.05, 0) is 53.6 Å². The Bertz CT molecular complexity index is 2710. The standard InChI is InChI=1S/C44H26N4/c45-27-29-25-37(38(28-46)44(26-29)48-42-23-11-6-18-35(42)36-19-7-12-24-43(36)48)31-14-2-1-13-30(31)32-15-3-8-20-39(32)47-40-21-9-4-16-33(40)34-17-5-10-22-41(34)47/h1-26H. The molecule has 0 aliphatic carbocycles. The molecule has 0 atom stereocenters. The van der Waals surface area contributed by atoms with Gasteiger partial charge in [-0.1, -0.05) is 115 Å². The summed E-state index contributed by atoms with van der Waals surface area (Å²) in [5.74, 6) is 0. The molecule has 0 fully saturated rings. The third kappa shape index (κ3) is 4.01. The maximum Gasteiger partial charge on any atom is 0.102 e. The Labute approximate surface area is 277 Å². The van der Waals surface area contributed by atoms with Gasteiger partial charge in [-0.3, -0.25) is 0 Å². The zero-order valence-corrected chi connectivity index (χ0v) is 25.8. The lowest BCUT2D eigenvalue weighted by Crippen LogP contribution is -2.02. The van der Waals surface area contributed by atoms with E-state index >= 15 is 0 Å². The molecule has 0 aliphatic rings. The summed E-state index contributed by atoms with van der Waals surface area (Å²) in [6.07, 6.45) is 0. The molecule has 4 heteroatoms. The monoisotopic (exact) mass is 610 g/mol. The maximum absolute atomic E-state index is 10.9. The second-order valence-corrected chi connectivity index (χ2v) is 11.9. The number of rotatable bonds is 4. The van der Waals surface area contributed by atoms with Gasteiger partial charge in [-0.2, -0.15) is 10.5 Å². The summed E-state index contributed by atoms with van der Waals surface area (Å²) in [5.41, 5.74) is 10.6. The normalized spacial score (nSPS) is 11.3. The highest BCUT2D eigenvalue weighted by Crippen LogP contribution is 2.42. The van der Waals surface area contributed by atoms with Crippen LogP contribution >= 0.6 is 0 Å². The van der Waals surface area contributed by atoms with E-state index in [2.05, 4.69) is 130 Å². The zero-order chi connectivity index (χ0) is 32.2. The third-order valence-corrected chi connectivity index (χ3v) is 9.41. The third-order valence-electron chi connectivity index (χ3n) is 9.41. The van der Waals surface area contributed by atoms with Gasteiger partial charge in [-0.15, -0.1) is 0 Å². The number of aromatic nitrogens is 2. The fourth-order valence-corrected chi connectivity index (χ4v) is 7.41. The molecular weight excluding hydrogens is 585 g/mol. The summed E-state index contributed by atoms with van der Waals surface area (Å²) < 4.78 is 4.46. The van der Waals surface area contributed by atoms with Crippen LogP contribution in [0.25, 0.3) is 77.2 Å². The topological polar surface area (TPSA) is 57.4 Å². The highest BCUT2D eigenvalue weighted by atomic mass is 15.0. The highest BCUT2D eigenvalue weighted by Gasteiger charge is 2.22. The van der Waals surface area contributed by atoms with Crippen LogP contribution in [-0.4, -0.2) is 9.13 Å². The molecule has 0 spiro atoms. The van der Waals surface area contributed by atoms with Crippen molar-refractivity contribution >= 4 is 43.6 Å². The Morgan fingerprint density at radius 3 is 1.23 bits per heavy atom. The molecule has 2 heterocycles. The van der Waals surface area contributed by atoms with Crippen LogP contribution in [0.5, 0.6) is 0 Å². The first-order chi connectivity index (χ1) is 23.8. The molecule has 0 N–H and O–H groups in total. The van der Waals surface area contributed by atoms with E-state index in [1.54, 1.807) is 0 Å². The van der Waals surface area contributed by atoms with Crippen molar-refractivity contribution < 1.29 is 0 Å². The molecule has 0 unspecified atom stereocenters. The molecule has 0 aliphatic heterocycles. The first-order valence-corrected chi connectivity index (χ1v) is 15.9. The predicted molar refractivity (Wildman–Crippen MR) is 195 cm³/mol. The SMILES string of the molecule is N#Cc1cc(-c2ccccc2-c2ccccc2-n2c3ccccc3c3ccccc32)c(C#N)c(-n2c3ccccc3c3ccccc32)c1. The summed E-state index contributed by atoms with van der Waals surface area (Å²) in [7, 11) is 0. The van der Waals surface area contributed by atoms with Crippen LogP contribution in [0.2, 0.25) is 0 Å². The van der Waals surface area contributed by atoms with Crippen molar-refractivity contribution in [3.8, 4) is 45.8 Å². The minimum absolute atomic E-state index is 0.492. The van der Waals surface area contributed by atoms with Crippen LogP contribution < -0.4 is 0 Å². The number of para-hydroxylation sites is 5. The molecular formula is C44H26N4. The van der Waals surface area contributed by atoms with Gasteiger partial charge in [0, 0.05) is 32.7 Å². The van der Waals surface area contributed by atoms with Crippen LogP contribution in [0.1, 0.15) is 11.1 Å². The lowest BCUT2D eigenvalue weighted by molar-refractivity contribution is 1.16. The Hall–Kier alpha value is -6.88. The molecule has 9 rings (SSSR count). The van der Waals surface area contributed by atoms with Crippen molar-refractivity contribution in [3.63, 3.8) is 0 Å². The van der Waals surface area contributed by atoms with Gasteiger partial charge >= 0.3 is 0 Å². The quantitative estimate of drug-likeness (QED) is 0.199. The Morgan fingerprint density at radius 2 is 0.750 bits per heavy atom. The van der Waals surface area contributed by atoms with Crippen molar-refractivity contribution in [2.75, 3.05) is 0 Å². The smallest absolute Gasteiger partial charge is 0.102 e. The minimum atomic E-state index is 0.492. The maximum atomic E-state index is 10.9. The van der Waals surface area contributed by atoms with E-state index in [1.807, 2.05) is 48.5 Å². The number of nitrogens with zero attached hydrogens (tertiary/aromatic N) is 4. The number of hydrogen-bond acceptors (Lipinski definition) is 2. The molecule has 222 valence electrons. The average molecular weight is 611 g/mol. The summed E-state index contributed by atoms with van der Waals surface area (Å²) in [4.78, 5) is 0. The van der Waals surface area contributed by atoms with Crippen molar-refractivity contribution in [3.05, 3.63) is 169 Å². The summed E-state index contributed by atoms with van der Waals surface area (Å²) >= 11 is 0. The predicted octanol–water partition coefficient (Wildman–Crippen LogP) is 11.0. The van der Waals surface area contributed by atoms with Gasteiger partial charge in [0.05, 0.1) is 50.6 Å². The van der Waals surface area contributed by atoms with Gasteiger partial charge in [0.1, 0.15) is 6.07 Å². The second-order valence-electron chi connectivity index (χ2n) is 11.9. The lowest BCUT2D eigenvalue weighted by atomic mass is 9.89. The minimum Gasteiger partial charge on any atom is -0.309 e. The Kier molecular flexibility index (Phi) is 6.22. The van der Waals surface area contributed by atoms with E-state index in [4.69, 9.17) is 0 Å². The zero-order valence-electron chi connectivity index (χ0n) is 25.8. The summed E-state index contributed by atoms with van der Waals surface area (Å²) in [6, 6.07) is 58.8. The molecule has 0 bridgehead atoms. The van der Waals surface area contributed by atoms with Crippen LogP contribution in [0.4, 0.5) is 0 Å². The van der Waals surface area contributed by atoms with Crippen molar-refractivity contribution in [2.24, 2.45) is 0 Å². The first-order valence-electron chi connectivity index (χ1n) is 15.9. The lowest BCUT2D eigenvalue weighted by Gasteiger charge is -2.19. The van der Waals surface area contributed by atoms with Crippen LogP contribution in [0, 0.1) is 22.7 Å². The van der Waals surface area contributed by atoms with E-state index in [9.17, 15) is 10.5 Å². The molecule has 4 nitrogen and oxygen atoms in total. The number of hydrogen-bond donors (Lipinski definition) is 0. The molecule has 0 amide bonds. The van der Waals surface area contributed by atoms with E-state index in [-0.39, 0.29) is 0 Å². The fourth-order valence-electron chi connectivity index (χ4n) is 7.41. The molecule has 0 radical (unpaired) electrons. The Morgan fingerprint density at radius 1 is 0.354 bits per heavy atom. The molecule has 48 heavy (non-hydrogen) atoms. The molecule has 7 aromatic carbocycles. The number of fused-ring (bicyclic) bond motifs is 6. The van der Waals surface area contributed by atoms with Gasteiger partial charge in [0.15, 0.2) is 0 Å². The van der Waals surface area contributed by atoms with Gasteiger partial charge in [0.25, 0.3) is 0 Å². The molecule has 0 saturated carbocycles. The number of nitriles is 2. The van der Waals surface area contributed by atoms with Crippen LogP contribution in [0.3, 0.4) is 0 Å².